The summed E-state index contributed by atoms with van der Waals surface area (Å²) >= 11 is 0. The second kappa shape index (κ2) is 6.50. The van der Waals surface area contributed by atoms with Crippen molar-refractivity contribution in [1.82, 2.24) is 15.3 Å². The molecule has 0 saturated heterocycles. The molecule has 1 amide bonds. The third-order valence-corrected chi connectivity index (χ3v) is 3.95. The number of carbonyl (C=O) groups excluding carboxylic acids is 1. The highest BCUT2D eigenvalue weighted by Crippen LogP contribution is 2.28. The van der Waals surface area contributed by atoms with E-state index >= 15 is 0 Å². The molecule has 2 unspecified atom stereocenters. The zero-order valence-electron chi connectivity index (χ0n) is 11.6. The molecule has 2 rings (SSSR count). The van der Waals surface area contributed by atoms with Gasteiger partial charge in [0.15, 0.2) is 0 Å². The standard InChI is InChI=1S/C14H22N4O/c1-10-5-3-4-6-11(10)7-18-14(19)12-8-17-13(15-2)9-16-12/h8-11H,3-7H2,1-2H3,(H,15,17)(H,18,19). The number of anilines is 1. The Morgan fingerprint density at radius 1 is 1.32 bits per heavy atom. The zero-order valence-corrected chi connectivity index (χ0v) is 11.6. The van der Waals surface area contributed by atoms with Gasteiger partial charge in [-0.15, -0.1) is 0 Å². The Hall–Kier alpha value is -1.65. The molecule has 5 nitrogen and oxygen atoms in total. The molecule has 1 saturated carbocycles. The lowest BCUT2D eigenvalue weighted by atomic mass is 9.80. The van der Waals surface area contributed by atoms with Crippen LogP contribution in [0, 0.1) is 11.8 Å². The van der Waals surface area contributed by atoms with Gasteiger partial charge in [0.1, 0.15) is 11.5 Å². The van der Waals surface area contributed by atoms with E-state index in [1.165, 1.54) is 31.9 Å². The lowest BCUT2D eigenvalue weighted by molar-refractivity contribution is 0.0931. The Bertz CT molecular complexity index is 418. The number of rotatable bonds is 4. The predicted octanol–water partition coefficient (Wildman–Crippen LogP) is 2.07. The first-order valence-corrected chi connectivity index (χ1v) is 6.98. The summed E-state index contributed by atoms with van der Waals surface area (Å²) < 4.78 is 0. The number of hydrogen-bond donors (Lipinski definition) is 2. The fourth-order valence-electron chi connectivity index (χ4n) is 2.59. The van der Waals surface area contributed by atoms with Crippen molar-refractivity contribution in [2.24, 2.45) is 11.8 Å². The number of nitrogens with one attached hydrogen (secondary N) is 2. The van der Waals surface area contributed by atoms with Gasteiger partial charge in [0.05, 0.1) is 12.4 Å². The molecule has 0 spiro atoms. The van der Waals surface area contributed by atoms with E-state index in [1.807, 2.05) is 0 Å². The minimum absolute atomic E-state index is 0.132. The Balaban J connectivity index is 1.86. The molecule has 0 bridgehead atoms. The van der Waals surface area contributed by atoms with E-state index in [9.17, 15) is 4.79 Å². The number of amides is 1. The van der Waals surface area contributed by atoms with Crippen molar-refractivity contribution in [2.45, 2.75) is 32.6 Å². The van der Waals surface area contributed by atoms with Crippen molar-refractivity contribution in [3.8, 4) is 0 Å². The van der Waals surface area contributed by atoms with Crippen molar-refractivity contribution in [3.63, 3.8) is 0 Å². The van der Waals surface area contributed by atoms with Gasteiger partial charge >= 0.3 is 0 Å². The van der Waals surface area contributed by atoms with Crippen LogP contribution in [0.1, 0.15) is 43.1 Å². The van der Waals surface area contributed by atoms with Crippen LogP contribution in [0.3, 0.4) is 0 Å². The first kappa shape index (κ1) is 13.8. The molecule has 2 N–H and O–H groups in total. The Labute approximate surface area is 114 Å². The van der Waals surface area contributed by atoms with E-state index in [2.05, 4.69) is 27.5 Å². The van der Waals surface area contributed by atoms with Crippen LogP contribution in [0.5, 0.6) is 0 Å². The highest BCUT2D eigenvalue weighted by molar-refractivity contribution is 5.91. The summed E-state index contributed by atoms with van der Waals surface area (Å²) in [5.74, 6) is 1.83. The topological polar surface area (TPSA) is 66.9 Å². The molecule has 1 aliphatic carbocycles. The fourth-order valence-corrected chi connectivity index (χ4v) is 2.59. The van der Waals surface area contributed by atoms with E-state index in [-0.39, 0.29) is 5.91 Å². The summed E-state index contributed by atoms with van der Waals surface area (Å²) in [5.41, 5.74) is 0.377. The molecule has 1 aromatic rings. The second-order valence-corrected chi connectivity index (χ2v) is 5.27. The largest absolute Gasteiger partial charge is 0.372 e. The number of nitrogens with zero attached hydrogens (tertiary/aromatic N) is 2. The van der Waals surface area contributed by atoms with Crippen LogP contribution in [0.2, 0.25) is 0 Å². The van der Waals surface area contributed by atoms with Gasteiger partial charge in [0, 0.05) is 13.6 Å². The van der Waals surface area contributed by atoms with Crippen LogP contribution >= 0.6 is 0 Å². The summed E-state index contributed by atoms with van der Waals surface area (Å²) in [4.78, 5) is 20.1. The molecule has 0 aromatic carbocycles. The molecular formula is C14H22N4O. The monoisotopic (exact) mass is 262 g/mol. The quantitative estimate of drug-likeness (QED) is 0.871. The van der Waals surface area contributed by atoms with Crippen LogP contribution in [-0.4, -0.2) is 29.5 Å². The average Bonchev–Trinajstić information content (AvgIpc) is 2.46. The number of hydrogen-bond acceptors (Lipinski definition) is 4. The van der Waals surface area contributed by atoms with Crippen LogP contribution < -0.4 is 10.6 Å². The maximum atomic E-state index is 12.0. The molecule has 1 fully saturated rings. The van der Waals surface area contributed by atoms with Crippen molar-refractivity contribution < 1.29 is 4.79 Å². The van der Waals surface area contributed by atoms with Gasteiger partial charge in [-0.1, -0.05) is 26.2 Å². The molecular weight excluding hydrogens is 240 g/mol. The fraction of sp³-hybridized carbons (Fsp3) is 0.643. The molecule has 1 heterocycles. The smallest absolute Gasteiger partial charge is 0.271 e. The average molecular weight is 262 g/mol. The minimum atomic E-state index is -0.132. The van der Waals surface area contributed by atoms with Gasteiger partial charge in [0.2, 0.25) is 0 Å². The van der Waals surface area contributed by atoms with Gasteiger partial charge in [-0.3, -0.25) is 4.79 Å². The highest BCUT2D eigenvalue weighted by atomic mass is 16.1. The van der Waals surface area contributed by atoms with Crippen molar-refractivity contribution in [3.05, 3.63) is 18.1 Å². The number of carbonyl (C=O) groups is 1. The Morgan fingerprint density at radius 2 is 2.11 bits per heavy atom. The minimum Gasteiger partial charge on any atom is -0.372 e. The normalized spacial score (nSPS) is 22.8. The summed E-state index contributed by atoms with van der Waals surface area (Å²) in [5, 5.41) is 5.85. The second-order valence-electron chi connectivity index (χ2n) is 5.27. The zero-order chi connectivity index (χ0) is 13.7. The number of aromatic nitrogens is 2. The van der Waals surface area contributed by atoms with E-state index in [0.717, 1.165) is 6.54 Å². The maximum absolute atomic E-state index is 12.0. The van der Waals surface area contributed by atoms with Gasteiger partial charge in [-0.25, -0.2) is 9.97 Å². The lowest BCUT2D eigenvalue weighted by Gasteiger charge is -2.28. The Kier molecular flexibility index (Phi) is 4.71. The third-order valence-electron chi connectivity index (χ3n) is 3.95. The van der Waals surface area contributed by atoms with Gasteiger partial charge in [-0.05, 0) is 18.3 Å². The third kappa shape index (κ3) is 3.66. The molecule has 104 valence electrons. The first-order valence-electron chi connectivity index (χ1n) is 6.98. The van der Waals surface area contributed by atoms with Crippen LogP contribution in [0.4, 0.5) is 5.82 Å². The Morgan fingerprint density at radius 3 is 2.74 bits per heavy atom. The van der Waals surface area contributed by atoms with E-state index in [4.69, 9.17) is 0 Å². The van der Waals surface area contributed by atoms with E-state index < -0.39 is 0 Å². The predicted molar refractivity (Wildman–Crippen MR) is 75.0 cm³/mol. The first-order chi connectivity index (χ1) is 9.20. The highest BCUT2D eigenvalue weighted by Gasteiger charge is 2.21. The SMILES string of the molecule is CNc1cnc(C(=O)NCC2CCCCC2C)cn1. The lowest BCUT2D eigenvalue weighted by Crippen LogP contribution is -2.33. The molecule has 19 heavy (non-hydrogen) atoms. The van der Waals surface area contributed by atoms with Crippen LogP contribution in [-0.2, 0) is 0 Å². The molecule has 0 radical (unpaired) electrons. The van der Waals surface area contributed by atoms with Crippen LogP contribution in [0.15, 0.2) is 12.4 Å². The van der Waals surface area contributed by atoms with E-state index in [0.29, 0.717) is 23.3 Å². The van der Waals surface area contributed by atoms with Crippen molar-refractivity contribution in [2.75, 3.05) is 18.9 Å². The maximum Gasteiger partial charge on any atom is 0.271 e. The van der Waals surface area contributed by atoms with Gasteiger partial charge in [0.25, 0.3) is 5.91 Å². The molecule has 0 aliphatic heterocycles. The molecule has 1 aromatic heterocycles. The summed E-state index contributed by atoms with van der Waals surface area (Å²) in [6.07, 6.45) is 8.16. The molecule has 5 heteroatoms. The van der Waals surface area contributed by atoms with E-state index in [1.54, 1.807) is 13.2 Å². The van der Waals surface area contributed by atoms with Gasteiger partial charge < -0.3 is 10.6 Å². The molecule has 2 atom stereocenters. The molecule has 1 aliphatic rings. The van der Waals surface area contributed by atoms with Crippen LogP contribution in [0.25, 0.3) is 0 Å². The van der Waals surface area contributed by atoms with Gasteiger partial charge in [-0.2, -0.15) is 0 Å². The van der Waals surface area contributed by atoms with Crippen molar-refractivity contribution in [1.29, 1.82) is 0 Å². The van der Waals surface area contributed by atoms with Crippen molar-refractivity contribution >= 4 is 11.7 Å². The summed E-state index contributed by atoms with van der Waals surface area (Å²) in [6, 6.07) is 0. The summed E-state index contributed by atoms with van der Waals surface area (Å²) in [7, 11) is 1.77. The summed E-state index contributed by atoms with van der Waals surface area (Å²) in [6.45, 7) is 3.02.